The molecule has 0 fully saturated rings. The molecule has 1 heterocycles. The molecule has 4 heteroatoms. The molecular weight excluding hydrogens is 275 g/mol. The van der Waals surface area contributed by atoms with Crippen LogP contribution < -0.4 is 5.73 Å². The van der Waals surface area contributed by atoms with E-state index in [4.69, 9.17) is 17.3 Å². The van der Waals surface area contributed by atoms with Crippen LogP contribution in [-0.4, -0.2) is 4.98 Å². The molecule has 2 N–H and O–H groups in total. The third-order valence-electron chi connectivity index (χ3n) is 3.26. The molecule has 1 aromatic heterocycles. The smallest absolute Gasteiger partial charge is 0.128 e. The van der Waals surface area contributed by atoms with Crippen LogP contribution in [0.3, 0.4) is 0 Å². The van der Waals surface area contributed by atoms with Crippen molar-refractivity contribution in [1.82, 2.24) is 4.98 Å². The van der Waals surface area contributed by atoms with Gasteiger partial charge in [0, 0.05) is 22.2 Å². The standard InChI is InChI=1S/C16H12ClFN2/c17-12-5-6-14(18)13(8-12)16(19)11-7-10-3-1-2-4-15(10)20-9-11/h1-9,16H,19H2. The average molecular weight is 287 g/mol. The van der Waals surface area contributed by atoms with Gasteiger partial charge in [0.05, 0.1) is 11.6 Å². The minimum atomic E-state index is -0.592. The van der Waals surface area contributed by atoms with E-state index in [9.17, 15) is 4.39 Å². The molecule has 0 saturated heterocycles. The molecule has 1 atom stereocenters. The van der Waals surface area contributed by atoms with Crippen molar-refractivity contribution < 1.29 is 4.39 Å². The van der Waals surface area contributed by atoms with Crippen molar-refractivity contribution in [3.05, 3.63) is 76.7 Å². The zero-order chi connectivity index (χ0) is 14.1. The van der Waals surface area contributed by atoms with Crippen molar-refractivity contribution in [3.63, 3.8) is 0 Å². The highest BCUT2D eigenvalue weighted by molar-refractivity contribution is 6.30. The number of hydrogen-bond donors (Lipinski definition) is 1. The molecule has 2 aromatic carbocycles. The highest BCUT2D eigenvalue weighted by Crippen LogP contribution is 2.26. The molecule has 0 saturated carbocycles. The van der Waals surface area contributed by atoms with Crippen molar-refractivity contribution in [1.29, 1.82) is 0 Å². The van der Waals surface area contributed by atoms with Gasteiger partial charge in [-0.1, -0.05) is 29.8 Å². The molecule has 0 bridgehead atoms. The van der Waals surface area contributed by atoms with Gasteiger partial charge in [0.15, 0.2) is 0 Å². The molecule has 1 unspecified atom stereocenters. The van der Waals surface area contributed by atoms with E-state index in [1.807, 2.05) is 30.3 Å². The fourth-order valence-electron chi connectivity index (χ4n) is 2.19. The second-order valence-corrected chi connectivity index (χ2v) is 5.04. The van der Waals surface area contributed by atoms with Crippen molar-refractivity contribution in [2.45, 2.75) is 6.04 Å². The second kappa shape index (κ2) is 5.19. The topological polar surface area (TPSA) is 38.9 Å². The van der Waals surface area contributed by atoms with Gasteiger partial charge in [0.2, 0.25) is 0 Å². The molecule has 20 heavy (non-hydrogen) atoms. The Morgan fingerprint density at radius 1 is 1.10 bits per heavy atom. The van der Waals surface area contributed by atoms with Crippen LogP contribution in [0.15, 0.2) is 54.7 Å². The summed E-state index contributed by atoms with van der Waals surface area (Å²) in [6.45, 7) is 0. The number of para-hydroxylation sites is 1. The highest BCUT2D eigenvalue weighted by atomic mass is 35.5. The lowest BCUT2D eigenvalue weighted by Gasteiger charge is -2.14. The van der Waals surface area contributed by atoms with Gasteiger partial charge in [0.1, 0.15) is 5.82 Å². The number of aromatic nitrogens is 1. The summed E-state index contributed by atoms with van der Waals surface area (Å²) in [7, 11) is 0. The average Bonchev–Trinajstić information content (AvgIpc) is 2.48. The SMILES string of the molecule is NC(c1cnc2ccccc2c1)c1cc(Cl)ccc1F. The molecule has 2 nitrogen and oxygen atoms in total. The number of fused-ring (bicyclic) bond motifs is 1. The van der Waals surface area contributed by atoms with E-state index >= 15 is 0 Å². The minimum Gasteiger partial charge on any atom is -0.320 e. The van der Waals surface area contributed by atoms with E-state index in [0.29, 0.717) is 10.6 Å². The molecule has 0 radical (unpaired) electrons. The molecule has 3 rings (SSSR count). The Balaban J connectivity index is 2.07. The lowest BCUT2D eigenvalue weighted by molar-refractivity contribution is 0.599. The third kappa shape index (κ3) is 2.38. The van der Waals surface area contributed by atoms with Crippen LogP contribution in [-0.2, 0) is 0 Å². The molecule has 0 spiro atoms. The lowest BCUT2D eigenvalue weighted by Crippen LogP contribution is -2.14. The summed E-state index contributed by atoms with van der Waals surface area (Å²) in [5.74, 6) is -0.366. The number of pyridine rings is 1. The number of benzene rings is 2. The van der Waals surface area contributed by atoms with Crippen LogP contribution in [0.5, 0.6) is 0 Å². The van der Waals surface area contributed by atoms with Gasteiger partial charge < -0.3 is 5.73 Å². The van der Waals surface area contributed by atoms with E-state index in [2.05, 4.69) is 4.98 Å². The quantitative estimate of drug-likeness (QED) is 0.771. The largest absolute Gasteiger partial charge is 0.320 e. The molecule has 0 aliphatic rings. The summed E-state index contributed by atoms with van der Waals surface area (Å²) in [6, 6.07) is 13.4. The van der Waals surface area contributed by atoms with E-state index in [1.54, 1.807) is 12.3 Å². The van der Waals surface area contributed by atoms with E-state index < -0.39 is 6.04 Å². The van der Waals surface area contributed by atoms with Crippen molar-refractivity contribution >= 4 is 22.5 Å². The first-order valence-corrected chi connectivity index (χ1v) is 6.58. The fourth-order valence-corrected chi connectivity index (χ4v) is 2.37. The molecule has 3 aromatic rings. The van der Waals surface area contributed by atoms with Gasteiger partial charge in [-0.15, -0.1) is 0 Å². The number of rotatable bonds is 2. The predicted molar refractivity (Wildman–Crippen MR) is 79.2 cm³/mol. The maximum atomic E-state index is 13.9. The normalized spacial score (nSPS) is 12.6. The molecule has 0 aliphatic carbocycles. The minimum absolute atomic E-state index is 0.366. The van der Waals surface area contributed by atoms with Crippen molar-refractivity contribution in [2.75, 3.05) is 0 Å². The summed E-state index contributed by atoms with van der Waals surface area (Å²) >= 11 is 5.91. The summed E-state index contributed by atoms with van der Waals surface area (Å²) in [5, 5.41) is 1.44. The van der Waals surface area contributed by atoms with Crippen LogP contribution in [0.25, 0.3) is 10.9 Å². The Bertz CT molecular complexity index is 773. The monoisotopic (exact) mass is 286 g/mol. The zero-order valence-electron chi connectivity index (χ0n) is 10.6. The van der Waals surface area contributed by atoms with Crippen LogP contribution >= 0.6 is 11.6 Å². The number of nitrogens with zero attached hydrogens (tertiary/aromatic N) is 1. The Morgan fingerprint density at radius 2 is 1.90 bits per heavy atom. The van der Waals surface area contributed by atoms with E-state index in [-0.39, 0.29) is 5.82 Å². The maximum Gasteiger partial charge on any atom is 0.128 e. The fraction of sp³-hybridized carbons (Fsp3) is 0.0625. The Morgan fingerprint density at radius 3 is 2.75 bits per heavy atom. The van der Waals surface area contributed by atoms with Crippen LogP contribution in [0.2, 0.25) is 5.02 Å². The van der Waals surface area contributed by atoms with Gasteiger partial charge in [-0.05, 0) is 35.9 Å². The first-order valence-electron chi connectivity index (χ1n) is 6.20. The van der Waals surface area contributed by atoms with Gasteiger partial charge in [-0.25, -0.2) is 4.39 Å². The lowest BCUT2D eigenvalue weighted by atomic mass is 9.99. The number of hydrogen-bond acceptors (Lipinski definition) is 2. The summed E-state index contributed by atoms with van der Waals surface area (Å²) in [4.78, 5) is 4.34. The van der Waals surface area contributed by atoms with Crippen molar-refractivity contribution in [3.8, 4) is 0 Å². The predicted octanol–water partition coefficient (Wildman–Crippen LogP) is 4.08. The van der Waals surface area contributed by atoms with E-state index in [1.165, 1.54) is 12.1 Å². The Kier molecular flexibility index (Phi) is 3.38. The van der Waals surface area contributed by atoms with Crippen molar-refractivity contribution in [2.24, 2.45) is 5.73 Å². The van der Waals surface area contributed by atoms with Gasteiger partial charge in [0.25, 0.3) is 0 Å². The molecule has 0 amide bonds. The van der Waals surface area contributed by atoms with Gasteiger partial charge >= 0.3 is 0 Å². The van der Waals surface area contributed by atoms with Crippen LogP contribution in [0.4, 0.5) is 4.39 Å². The Labute approximate surface area is 121 Å². The number of nitrogens with two attached hydrogens (primary N) is 1. The van der Waals surface area contributed by atoms with E-state index in [0.717, 1.165) is 16.5 Å². The summed E-state index contributed by atoms with van der Waals surface area (Å²) in [6.07, 6.45) is 1.67. The van der Waals surface area contributed by atoms with Crippen LogP contribution in [0.1, 0.15) is 17.2 Å². The molecule has 100 valence electrons. The second-order valence-electron chi connectivity index (χ2n) is 4.60. The molecule has 0 aliphatic heterocycles. The first-order chi connectivity index (χ1) is 9.65. The van der Waals surface area contributed by atoms with Crippen LogP contribution in [0, 0.1) is 5.82 Å². The summed E-state index contributed by atoms with van der Waals surface area (Å²) < 4.78 is 13.9. The molecular formula is C16H12ClFN2. The van der Waals surface area contributed by atoms with Gasteiger partial charge in [-0.3, -0.25) is 4.98 Å². The third-order valence-corrected chi connectivity index (χ3v) is 3.50. The highest BCUT2D eigenvalue weighted by Gasteiger charge is 2.15. The Hall–Kier alpha value is -1.97. The number of halogens is 2. The first kappa shape index (κ1) is 13.0. The van der Waals surface area contributed by atoms with Gasteiger partial charge in [-0.2, -0.15) is 0 Å². The zero-order valence-corrected chi connectivity index (χ0v) is 11.3. The maximum absolute atomic E-state index is 13.9. The summed E-state index contributed by atoms with van der Waals surface area (Å²) in [5.41, 5.74) is 8.15.